The van der Waals surface area contributed by atoms with E-state index in [1.54, 1.807) is 17.5 Å². The van der Waals surface area contributed by atoms with Crippen molar-refractivity contribution in [2.24, 2.45) is 0 Å². The number of thiazole rings is 1. The third kappa shape index (κ3) is 3.50. The summed E-state index contributed by atoms with van der Waals surface area (Å²) in [5.74, 6) is 0.202. The third-order valence-corrected chi connectivity index (χ3v) is 3.70. The first-order valence-electron chi connectivity index (χ1n) is 6.30. The molecule has 0 amide bonds. The molecule has 3 heteroatoms. The number of hydrogen-bond donors (Lipinski definition) is 0. The second kappa shape index (κ2) is 6.45. The van der Waals surface area contributed by atoms with Gasteiger partial charge in [0.15, 0.2) is 5.78 Å². The first kappa shape index (κ1) is 13.0. The quantitative estimate of drug-likeness (QED) is 0.736. The van der Waals surface area contributed by atoms with Gasteiger partial charge in [-0.2, -0.15) is 0 Å². The zero-order chi connectivity index (χ0) is 12.8. The highest BCUT2D eigenvalue weighted by Gasteiger charge is 2.07. The van der Waals surface area contributed by atoms with Gasteiger partial charge >= 0.3 is 0 Å². The van der Waals surface area contributed by atoms with Gasteiger partial charge in [0.25, 0.3) is 0 Å². The van der Waals surface area contributed by atoms with Gasteiger partial charge in [-0.05, 0) is 12.0 Å². The number of aromatic nitrogens is 1. The highest BCUT2D eigenvalue weighted by Crippen LogP contribution is 2.12. The molecule has 0 spiro atoms. The van der Waals surface area contributed by atoms with Gasteiger partial charge in [0.1, 0.15) is 0 Å². The Hall–Kier alpha value is -1.48. The van der Waals surface area contributed by atoms with Gasteiger partial charge in [0.05, 0.1) is 5.01 Å². The summed E-state index contributed by atoms with van der Waals surface area (Å²) in [4.78, 5) is 16.2. The highest BCUT2D eigenvalue weighted by atomic mass is 32.1. The van der Waals surface area contributed by atoms with E-state index in [1.165, 1.54) is 5.56 Å². The van der Waals surface area contributed by atoms with Gasteiger partial charge in [-0.3, -0.25) is 4.79 Å². The lowest BCUT2D eigenvalue weighted by atomic mass is 10.0. The number of nitrogens with zero attached hydrogens (tertiary/aromatic N) is 1. The smallest absolute Gasteiger partial charge is 0.163 e. The Bertz CT molecular complexity index is 488. The molecule has 18 heavy (non-hydrogen) atoms. The van der Waals surface area contributed by atoms with Gasteiger partial charge in [-0.15, -0.1) is 11.3 Å². The molecule has 0 fully saturated rings. The van der Waals surface area contributed by atoms with E-state index in [4.69, 9.17) is 0 Å². The fourth-order valence-corrected chi connectivity index (χ4v) is 2.51. The number of benzene rings is 1. The molecule has 0 aliphatic carbocycles. The van der Waals surface area contributed by atoms with Crippen molar-refractivity contribution in [1.29, 1.82) is 0 Å². The molecule has 0 N–H and O–H groups in total. The maximum Gasteiger partial charge on any atom is 0.163 e. The number of carbonyl (C=O) groups is 1. The summed E-state index contributed by atoms with van der Waals surface area (Å²) < 4.78 is 0. The standard InChI is InChI=1S/C15H17NOS/c1-2-3-12-4-6-13(7-5-12)14(17)8-9-15-16-10-11-18-15/h4-7,10-11H,2-3,8-9H2,1H3. The molecule has 1 aromatic carbocycles. The van der Waals surface area contributed by atoms with Gasteiger partial charge in [-0.25, -0.2) is 4.98 Å². The maximum absolute atomic E-state index is 12.0. The van der Waals surface area contributed by atoms with Crippen molar-refractivity contribution in [3.63, 3.8) is 0 Å². The number of hydrogen-bond acceptors (Lipinski definition) is 3. The zero-order valence-corrected chi connectivity index (χ0v) is 11.4. The monoisotopic (exact) mass is 259 g/mol. The Morgan fingerprint density at radius 1 is 1.22 bits per heavy atom. The molecule has 2 nitrogen and oxygen atoms in total. The fraction of sp³-hybridized carbons (Fsp3) is 0.333. The molecule has 0 saturated carbocycles. The van der Waals surface area contributed by atoms with Crippen LogP contribution in [0.2, 0.25) is 0 Å². The Kier molecular flexibility index (Phi) is 4.65. The van der Waals surface area contributed by atoms with Crippen molar-refractivity contribution in [1.82, 2.24) is 4.98 Å². The Morgan fingerprint density at radius 3 is 2.61 bits per heavy atom. The molecule has 0 bridgehead atoms. The van der Waals surface area contributed by atoms with Gasteiger partial charge in [-0.1, -0.05) is 37.6 Å². The average molecular weight is 259 g/mol. The van der Waals surface area contributed by atoms with E-state index >= 15 is 0 Å². The Morgan fingerprint density at radius 2 is 2.00 bits per heavy atom. The number of ketones is 1. The Balaban J connectivity index is 1.92. The lowest BCUT2D eigenvalue weighted by Gasteiger charge is -2.02. The van der Waals surface area contributed by atoms with Crippen LogP contribution in [0.3, 0.4) is 0 Å². The summed E-state index contributed by atoms with van der Waals surface area (Å²) in [7, 11) is 0. The second-order valence-electron chi connectivity index (χ2n) is 4.30. The van der Waals surface area contributed by atoms with Crippen LogP contribution in [0.1, 0.15) is 40.7 Å². The molecular formula is C15H17NOS. The normalized spacial score (nSPS) is 10.5. The van der Waals surface area contributed by atoms with Gasteiger partial charge < -0.3 is 0 Å². The minimum atomic E-state index is 0.202. The minimum absolute atomic E-state index is 0.202. The van der Waals surface area contributed by atoms with Crippen LogP contribution in [0, 0.1) is 0 Å². The molecule has 0 aliphatic rings. The summed E-state index contributed by atoms with van der Waals surface area (Å²) in [6.45, 7) is 2.16. The van der Waals surface area contributed by atoms with Crippen molar-refractivity contribution < 1.29 is 4.79 Å². The molecule has 1 heterocycles. The SMILES string of the molecule is CCCc1ccc(C(=O)CCc2nccs2)cc1. The zero-order valence-electron chi connectivity index (χ0n) is 10.6. The average Bonchev–Trinajstić information content (AvgIpc) is 2.90. The van der Waals surface area contributed by atoms with E-state index in [1.807, 2.05) is 17.5 Å². The first-order chi connectivity index (χ1) is 8.79. The summed E-state index contributed by atoms with van der Waals surface area (Å²) in [5, 5.41) is 2.98. The maximum atomic E-state index is 12.0. The van der Waals surface area contributed by atoms with Gasteiger partial charge in [0.2, 0.25) is 0 Å². The van der Waals surface area contributed by atoms with Crippen molar-refractivity contribution in [2.45, 2.75) is 32.6 Å². The number of Topliss-reactive ketones (excluding diaryl/α,β-unsaturated/α-hetero) is 1. The van der Waals surface area contributed by atoms with Crippen LogP contribution < -0.4 is 0 Å². The summed E-state index contributed by atoms with van der Waals surface area (Å²) in [6.07, 6.45) is 5.28. The van der Waals surface area contributed by atoms with Crippen molar-refractivity contribution in [3.8, 4) is 0 Å². The van der Waals surface area contributed by atoms with Crippen LogP contribution in [-0.4, -0.2) is 10.8 Å². The first-order valence-corrected chi connectivity index (χ1v) is 7.18. The van der Waals surface area contributed by atoms with Crippen LogP contribution in [0.4, 0.5) is 0 Å². The molecule has 2 aromatic rings. The van der Waals surface area contributed by atoms with E-state index in [-0.39, 0.29) is 5.78 Å². The largest absolute Gasteiger partial charge is 0.294 e. The molecule has 0 unspecified atom stereocenters. The van der Waals surface area contributed by atoms with E-state index < -0.39 is 0 Å². The molecule has 0 atom stereocenters. The van der Waals surface area contributed by atoms with Crippen molar-refractivity contribution >= 4 is 17.1 Å². The van der Waals surface area contributed by atoms with Gasteiger partial charge in [0, 0.05) is 30.0 Å². The van der Waals surface area contributed by atoms with Crippen LogP contribution >= 0.6 is 11.3 Å². The van der Waals surface area contributed by atoms with Crippen LogP contribution in [0.15, 0.2) is 35.8 Å². The fourth-order valence-electron chi connectivity index (χ4n) is 1.89. The van der Waals surface area contributed by atoms with E-state index in [0.29, 0.717) is 6.42 Å². The lowest BCUT2D eigenvalue weighted by Crippen LogP contribution is -2.01. The number of carbonyl (C=O) groups excluding carboxylic acids is 1. The Labute approximate surface area is 112 Å². The lowest BCUT2D eigenvalue weighted by molar-refractivity contribution is 0.0983. The number of rotatable bonds is 6. The molecule has 0 radical (unpaired) electrons. The highest BCUT2D eigenvalue weighted by molar-refractivity contribution is 7.09. The minimum Gasteiger partial charge on any atom is -0.294 e. The van der Waals surface area contributed by atoms with E-state index in [0.717, 1.165) is 29.8 Å². The van der Waals surface area contributed by atoms with Crippen LogP contribution in [0.5, 0.6) is 0 Å². The van der Waals surface area contributed by atoms with Crippen LogP contribution in [0.25, 0.3) is 0 Å². The predicted octanol–water partition coefficient (Wildman–Crippen LogP) is 3.91. The summed E-state index contributed by atoms with van der Waals surface area (Å²) in [5.41, 5.74) is 2.11. The second-order valence-corrected chi connectivity index (χ2v) is 5.28. The van der Waals surface area contributed by atoms with Crippen molar-refractivity contribution in [2.75, 3.05) is 0 Å². The molecular weight excluding hydrogens is 242 g/mol. The third-order valence-electron chi connectivity index (χ3n) is 2.86. The van der Waals surface area contributed by atoms with Crippen molar-refractivity contribution in [3.05, 3.63) is 52.0 Å². The summed E-state index contributed by atoms with van der Waals surface area (Å²) >= 11 is 1.61. The molecule has 94 valence electrons. The molecule has 2 rings (SSSR count). The topological polar surface area (TPSA) is 30.0 Å². The molecule has 0 saturated heterocycles. The predicted molar refractivity (Wildman–Crippen MR) is 75.2 cm³/mol. The summed E-state index contributed by atoms with van der Waals surface area (Å²) in [6, 6.07) is 7.99. The number of aryl methyl sites for hydroxylation is 2. The van der Waals surface area contributed by atoms with E-state index in [9.17, 15) is 4.79 Å². The van der Waals surface area contributed by atoms with Crippen LogP contribution in [-0.2, 0) is 12.8 Å². The molecule has 0 aliphatic heterocycles. The molecule has 1 aromatic heterocycles. The van der Waals surface area contributed by atoms with E-state index in [2.05, 4.69) is 24.0 Å².